The predicted octanol–water partition coefficient (Wildman–Crippen LogP) is 2.41. The molecule has 1 saturated heterocycles. The molecule has 0 bridgehead atoms. The zero-order valence-corrected chi connectivity index (χ0v) is 15.4. The first-order valence-corrected chi connectivity index (χ1v) is 10.1. The molecule has 1 saturated carbocycles. The van der Waals surface area contributed by atoms with Crippen LogP contribution >= 0.6 is 0 Å². The average molecular weight is 350 g/mol. The van der Waals surface area contributed by atoms with Gasteiger partial charge in [-0.25, -0.2) is 8.42 Å². The quantitative estimate of drug-likeness (QED) is 0.784. The molecular weight excluding hydrogens is 324 g/mol. The summed E-state index contributed by atoms with van der Waals surface area (Å²) >= 11 is 0. The van der Waals surface area contributed by atoms with Crippen LogP contribution in [0.2, 0.25) is 0 Å². The van der Waals surface area contributed by atoms with Gasteiger partial charge < -0.3 is 4.90 Å². The second-order valence-corrected chi connectivity index (χ2v) is 9.06. The Morgan fingerprint density at radius 3 is 2.21 bits per heavy atom. The molecule has 3 rings (SSSR count). The second kappa shape index (κ2) is 6.48. The van der Waals surface area contributed by atoms with E-state index in [-0.39, 0.29) is 16.8 Å². The molecule has 0 spiro atoms. The first-order chi connectivity index (χ1) is 11.3. The summed E-state index contributed by atoms with van der Waals surface area (Å²) in [5, 5.41) is 0. The van der Waals surface area contributed by atoms with E-state index in [4.69, 9.17) is 0 Å². The Morgan fingerprint density at radius 2 is 1.67 bits per heavy atom. The number of carbonyl (C=O) groups excluding carboxylic acids is 1. The molecule has 0 aromatic heterocycles. The number of hydrogen-bond donors (Lipinski definition) is 0. The molecule has 1 heterocycles. The van der Waals surface area contributed by atoms with E-state index in [2.05, 4.69) is 0 Å². The Labute approximate surface area is 144 Å². The predicted molar refractivity (Wildman–Crippen MR) is 93.0 cm³/mol. The highest BCUT2D eigenvalue weighted by Gasteiger charge is 2.62. The summed E-state index contributed by atoms with van der Waals surface area (Å²) in [6.45, 7) is 1.93. The number of nitrogens with zero attached hydrogens (tertiary/aromatic N) is 2. The van der Waals surface area contributed by atoms with Crippen LogP contribution in [0.5, 0.6) is 0 Å². The fourth-order valence-electron chi connectivity index (χ4n) is 3.83. The monoisotopic (exact) mass is 350 g/mol. The molecule has 1 unspecified atom stereocenters. The molecule has 5 nitrogen and oxygen atoms in total. The molecule has 1 aromatic carbocycles. The van der Waals surface area contributed by atoms with Crippen molar-refractivity contribution in [2.45, 2.75) is 56.0 Å². The fourth-order valence-corrected chi connectivity index (χ4v) is 5.62. The Hall–Kier alpha value is -1.40. The molecule has 1 aliphatic carbocycles. The largest absolute Gasteiger partial charge is 0.347 e. The van der Waals surface area contributed by atoms with Crippen LogP contribution in [0.15, 0.2) is 29.2 Å². The summed E-state index contributed by atoms with van der Waals surface area (Å²) in [6, 6.07) is 6.17. The lowest BCUT2D eigenvalue weighted by Gasteiger charge is -2.21. The number of carbonyl (C=O) groups is 1. The molecule has 3 atom stereocenters. The maximum Gasteiger partial charge on any atom is 0.244 e. The van der Waals surface area contributed by atoms with Gasteiger partial charge in [0.25, 0.3) is 0 Å². The minimum atomic E-state index is -3.62. The first-order valence-electron chi connectivity index (χ1n) is 8.65. The molecule has 6 heteroatoms. The van der Waals surface area contributed by atoms with Crippen LogP contribution in [0.1, 0.15) is 37.7 Å². The molecule has 24 heavy (non-hydrogen) atoms. The van der Waals surface area contributed by atoms with Crippen molar-refractivity contribution in [2.24, 2.45) is 5.92 Å². The number of benzene rings is 1. The highest BCUT2D eigenvalue weighted by Crippen LogP contribution is 2.45. The highest BCUT2D eigenvalue weighted by molar-refractivity contribution is 7.89. The van der Waals surface area contributed by atoms with Crippen LogP contribution in [0.4, 0.5) is 0 Å². The fraction of sp³-hybridized carbons (Fsp3) is 0.611. The van der Waals surface area contributed by atoms with Gasteiger partial charge in [0.1, 0.15) is 6.04 Å². The zero-order chi connectivity index (χ0) is 17.5. The van der Waals surface area contributed by atoms with E-state index in [1.807, 2.05) is 6.92 Å². The molecule has 0 N–H and O–H groups in total. The Kier molecular flexibility index (Phi) is 4.71. The third kappa shape index (κ3) is 3.09. The van der Waals surface area contributed by atoms with Crippen LogP contribution in [0, 0.1) is 12.8 Å². The van der Waals surface area contributed by atoms with Crippen molar-refractivity contribution in [2.75, 3.05) is 14.1 Å². The Balaban J connectivity index is 1.90. The number of rotatable bonds is 4. The topological polar surface area (TPSA) is 57.5 Å². The molecule has 1 amide bonds. The van der Waals surface area contributed by atoms with Crippen LogP contribution in [0.3, 0.4) is 0 Å². The van der Waals surface area contributed by atoms with E-state index in [0.717, 1.165) is 31.2 Å². The summed E-state index contributed by atoms with van der Waals surface area (Å²) in [5.74, 6) is 0.189. The maximum absolute atomic E-state index is 13.1. The molecule has 1 aromatic rings. The van der Waals surface area contributed by atoms with E-state index in [0.29, 0.717) is 5.92 Å². The standard InChI is InChI=1S/C18H26N2O3S/c1-13-9-11-15(12-10-13)24(22,23)20-16(14-7-5-4-6-8-14)17(20)18(21)19(2)3/h9-12,14,16-17H,4-8H2,1-3H3/t16-,17-,20?/m1/s1. The lowest BCUT2D eigenvalue weighted by Crippen LogP contribution is -2.30. The van der Waals surface area contributed by atoms with E-state index in [9.17, 15) is 13.2 Å². The number of likely N-dealkylation sites (N-methyl/N-ethyl adjacent to an activating group) is 1. The molecule has 132 valence electrons. The molecule has 0 radical (unpaired) electrons. The third-order valence-corrected chi connectivity index (χ3v) is 7.12. The van der Waals surface area contributed by atoms with Crippen molar-refractivity contribution in [3.8, 4) is 0 Å². The van der Waals surface area contributed by atoms with Crippen molar-refractivity contribution >= 4 is 15.9 Å². The van der Waals surface area contributed by atoms with Gasteiger partial charge in [0.05, 0.1) is 10.9 Å². The summed E-state index contributed by atoms with van der Waals surface area (Å²) in [5.41, 5.74) is 1.02. The van der Waals surface area contributed by atoms with Crippen molar-refractivity contribution in [1.29, 1.82) is 0 Å². The lowest BCUT2D eigenvalue weighted by atomic mass is 9.85. The first kappa shape index (κ1) is 17.4. The number of sulfonamides is 1. The normalized spacial score (nSPS) is 27.7. The molecule has 1 aliphatic heterocycles. The van der Waals surface area contributed by atoms with Gasteiger partial charge in [-0.2, -0.15) is 4.31 Å². The number of amides is 1. The van der Waals surface area contributed by atoms with Gasteiger partial charge in [-0.3, -0.25) is 4.79 Å². The van der Waals surface area contributed by atoms with Crippen molar-refractivity contribution < 1.29 is 13.2 Å². The smallest absolute Gasteiger partial charge is 0.244 e. The average Bonchev–Trinajstić information content (AvgIpc) is 3.31. The van der Waals surface area contributed by atoms with Crippen LogP contribution in [-0.4, -0.2) is 49.7 Å². The van der Waals surface area contributed by atoms with Gasteiger partial charge >= 0.3 is 0 Å². The molecular formula is C18H26N2O3S. The summed E-state index contributed by atoms with van der Waals surface area (Å²) in [7, 11) is -0.243. The van der Waals surface area contributed by atoms with Gasteiger partial charge in [0.15, 0.2) is 0 Å². The van der Waals surface area contributed by atoms with Crippen molar-refractivity contribution in [3.63, 3.8) is 0 Å². The van der Waals surface area contributed by atoms with Gasteiger partial charge in [-0.15, -0.1) is 0 Å². The lowest BCUT2D eigenvalue weighted by molar-refractivity contribution is -0.128. The van der Waals surface area contributed by atoms with E-state index < -0.39 is 16.1 Å². The Bertz CT molecular complexity index is 706. The molecule has 2 aliphatic rings. The van der Waals surface area contributed by atoms with Gasteiger partial charge in [-0.1, -0.05) is 37.0 Å². The van der Waals surface area contributed by atoms with Crippen molar-refractivity contribution in [1.82, 2.24) is 9.21 Å². The summed E-state index contributed by atoms with van der Waals surface area (Å²) in [6.07, 6.45) is 5.49. The minimum absolute atomic E-state index is 0.110. The zero-order valence-electron chi connectivity index (χ0n) is 14.6. The van der Waals surface area contributed by atoms with Crippen LogP contribution in [0.25, 0.3) is 0 Å². The SMILES string of the molecule is Cc1ccc(S(=O)(=O)N2[C@H](C3CCCCC3)[C@@H]2C(=O)N(C)C)cc1. The van der Waals surface area contributed by atoms with Gasteiger partial charge in [-0.05, 0) is 37.8 Å². The van der Waals surface area contributed by atoms with Crippen LogP contribution < -0.4 is 0 Å². The van der Waals surface area contributed by atoms with Crippen LogP contribution in [-0.2, 0) is 14.8 Å². The number of aryl methyl sites for hydroxylation is 1. The Morgan fingerprint density at radius 1 is 1.08 bits per heavy atom. The van der Waals surface area contributed by atoms with E-state index in [1.165, 1.54) is 15.6 Å². The third-order valence-electron chi connectivity index (χ3n) is 5.22. The van der Waals surface area contributed by atoms with E-state index >= 15 is 0 Å². The second-order valence-electron chi connectivity index (χ2n) is 7.21. The minimum Gasteiger partial charge on any atom is -0.347 e. The van der Waals surface area contributed by atoms with Gasteiger partial charge in [0, 0.05) is 14.1 Å². The maximum atomic E-state index is 13.1. The highest BCUT2D eigenvalue weighted by atomic mass is 32.2. The van der Waals surface area contributed by atoms with Crippen molar-refractivity contribution in [3.05, 3.63) is 29.8 Å². The number of hydrogen-bond acceptors (Lipinski definition) is 3. The summed E-state index contributed by atoms with van der Waals surface area (Å²) in [4.78, 5) is 14.3. The summed E-state index contributed by atoms with van der Waals surface area (Å²) < 4.78 is 27.6. The molecule has 2 fully saturated rings. The van der Waals surface area contributed by atoms with E-state index in [1.54, 1.807) is 38.4 Å². The van der Waals surface area contributed by atoms with Gasteiger partial charge in [0.2, 0.25) is 15.9 Å².